The average molecular weight is 184 g/mol. The summed E-state index contributed by atoms with van der Waals surface area (Å²) in [5, 5.41) is 2.97. The molecule has 1 rings (SSSR count). The summed E-state index contributed by atoms with van der Waals surface area (Å²) in [5.74, 6) is 0.386. The summed E-state index contributed by atoms with van der Waals surface area (Å²) in [4.78, 5) is 4.24. The average Bonchev–Trinajstić information content (AvgIpc) is 2.52. The predicted molar refractivity (Wildman–Crippen MR) is 50.7 cm³/mol. The second-order valence-corrected chi connectivity index (χ2v) is 3.25. The minimum atomic E-state index is -0.0846. The van der Waals surface area contributed by atoms with Gasteiger partial charge in [0.05, 0.1) is 5.69 Å². The number of hydrogen-bond acceptors (Lipinski definition) is 4. The van der Waals surface area contributed by atoms with Crippen LogP contribution in [0.3, 0.4) is 0 Å². The van der Waals surface area contributed by atoms with Gasteiger partial charge in [-0.2, -0.15) is 4.98 Å². The smallest absolute Gasteiger partial charge is 0.296 e. The van der Waals surface area contributed by atoms with Crippen molar-refractivity contribution in [2.24, 2.45) is 0 Å². The van der Waals surface area contributed by atoms with Gasteiger partial charge in [0.1, 0.15) is 12.5 Å². The molecule has 1 aromatic heterocycles. The first-order valence-corrected chi connectivity index (χ1v) is 4.38. The molecule has 1 unspecified atom stereocenters. The van der Waals surface area contributed by atoms with Gasteiger partial charge in [-0.25, -0.2) is 0 Å². The summed E-state index contributed by atoms with van der Waals surface area (Å²) >= 11 is 0. The molecule has 0 aliphatic rings. The highest BCUT2D eigenvalue weighted by molar-refractivity contribution is 5.22. The van der Waals surface area contributed by atoms with Gasteiger partial charge >= 0.3 is 0 Å². The third-order valence-corrected chi connectivity index (χ3v) is 1.79. The van der Waals surface area contributed by atoms with E-state index in [1.807, 2.05) is 6.92 Å². The lowest BCUT2D eigenvalue weighted by molar-refractivity contribution is 0.138. The second kappa shape index (κ2) is 4.28. The Labute approximate surface area is 78.3 Å². The summed E-state index contributed by atoms with van der Waals surface area (Å²) in [6.07, 6.45) is 1.58. The van der Waals surface area contributed by atoms with Crippen LogP contribution in [0.25, 0.3) is 0 Å². The zero-order valence-corrected chi connectivity index (χ0v) is 8.50. The van der Waals surface area contributed by atoms with Crippen molar-refractivity contribution >= 4 is 6.01 Å². The van der Waals surface area contributed by atoms with Crippen molar-refractivity contribution < 1.29 is 9.15 Å². The maximum Gasteiger partial charge on any atom is 0.296 e. The topological polar surface area (TPSA) is 47.3 Å². The van der Waals surface area contributed by atoms with Crippen molar-refractivity contribution in [2.45, 2.75) is 32.9 Å². The van der Waals surface area contributed by atoms with Crippen LogP contribution in [0.4, 0.5) is 6.01 Å². The molecule has 1 aromatic rings. The van der Waals surface area contributed by atoms with Gasteiger partial charge in [-0.05, 0) is 12.8 Å². The van der Waals surface area contributed by atoms with Crippen molar-refractivity contribution in [3.63, 3.8) is 0 Å². The number of nitrogens with zero attached hydrogens (tertiary/aromatic N) is 1. The van der Waals surface area contributed by atoms with E-state index in [0.717, 1.165) is 5.69 Å². The molecular formula is C9H16N2O2. The summed E-state index contributed by atoms with van der Waals surface area (Å²) in [7, 11) is 1.63. The molecule has 0 saturated carbocycles. The van der Waals surface area contributed by atoms with Gasteiger partial charge in [0.2, 0.25) is 0 Å². The number of aromatic nitrogens is 1. The van der Waals surface area contributed by atoms with E-state index in [9.17, 15) is 0 Å². The van der Waals surface area contributed by atoms with Crippen molar-refractivity contribution in [1.82, 2.24) is 4.98 Å². The van der Waals surface area contributed by atoms with E-state index in [0.29, 0.717) is 11.9 Å². The maximum atomic E-state index is 5.20. The van der Waals surface area contributed by atoms with Crippen LogP contribution in [-0.2, 0) is 4.74 Å². The quantitative estimate of drug-likeness (QED) is 0.729. The molecule has 0 radical (unpaired) electrons. The molecule has 1 atom stereocenters. The molecule has 4 nitrogen and oxygen atoms in total. The lowest BCUT2D eigenvalue weighted by atomic mass is 10.2. The first kappa shape index (κ1) is 10.1. The molecule has 0 aromatic carbocycles. The molecule has 1 N–H and O–H groups in total. The molecule has 0 amide bonds. The summed E-state index contributed by atoms with van der Waals surface area (Å²) in [6.45, 7) is 6.03. The van der Waals surface area contributed by atoms with Gasteiger partial charge in [-0.1, -0.05) is 13.8 Å². The fraction of sp³-hybridized carbons (Fsp3) is 0.667. The Morgan fingerprint density at radius 2 is 2.15 bits per heavy atom. The third kappa shape index (κ3) is 2.73. The molecule has 13 heavy (non-hydrogen) atoms. The van der Waals surface area contributed by atoms with Gasteiger partial charge in [0, 0.05) is 7.11 Å². The summed E-state index contributed by atoms with van der Waals surface area (Å²) in [6, 6.07) is 0.512. The van der Waals surface area contributed by atoms with Crippen LogP contribution in [-0.4, -0.2) is 18.3 Å². The molecule has 0 spiro atoms. The zero-order valence-electron chi connectivity index (χ0n) is 8.50. The summed E-state index contributed by atoms with van der Waals surface area (Å²) < 4.78 is 10.2. The Morgan fingerprint density at radius 1 is 1.46 bits per heavy atom. The van der Waals surface area contributed by atoms with Gasteiger partial charge in [0.25, 0.3) is 6.01 Å². The van der Waals surface area contributed by atoms with Crippen LogP contribution in [0.2, 0.25) is 0 Å². The molecule has 0 fully saturated rings. The van der Waals surface area contributed by atoms with Crippen LogP contribution in [0.15, 0.2) is 10.7 Å². The van der Waals surface area contributed by atoms with Gasteiger partial charge < -0.3 is 14.5 Å². The fourth-order valence-corrected chi connectivity index (χ4v) is 0.850. The van der Waals surface area contributed by atoms with Crippen LogP contribution in [0.1, 0.15) is 32.4 Å². The first-order valence-electron chi connectivity index (χ1n) is 4.38. The van der Waals surface area contributed by atoms with Crippen molar-refractivity contribution in [2.75, 3.05) is 12.4 Å². The van der Waals surface area contributed by atoms with E-state index < -0.39 is 0 Å². The highest BCUT2D eigenvalue weighted by atomic mass is 16.5. The number of methoxy groups -OCH3 is 1. The standard InChI is InChI=1S/C9H16N2O2/c1-6(2)8-5-13-9(11-8)10-7(3)12-4/h5-7H,1-4H3,(H,10,11). The number of oxazole rings is 1. The molecule has 0 saturated heterocycles. The summed E-state index contributed by atoms with van der Waals surface area (Å²) in [5.41, 5.74) is 0.950. The predicted octanol–water partition coefficient (Wildman–Crippen LogP) is 2.20. The molecule has 4 heteroatoms. The number of anilines is 1. The lowest BCUT2D eigenvalue weighted by Gasteiger charge is -2.08. The third-order valence-electron chi connectivity index (χ3n) is 1.79. The van der Waals surface area contributed by atoms with Crippen molar-refractivity contribution in [3.05, 3.63) is 12.0 Å². The van der Waals surface area contributed by atoms with Crippen LogP contribution in [0.5, 0.6) is 0 Å². The number of nitrogens with one attached hydrogen (secondary N) is 1. The zero-order chi connectivity index (χ0) is 9.84. The van der Waals surface area contributed by atoms with E-state index in [1.165, 1.54) is 0 Å². The molecular weight excluding hydrogens is 168 g/mol. The van der Waals surface area contributed by atoms with E-state index in [-0.39, 0.29) is 6.23 Å². The lowest BCUT2D eigenvalue weighted by Crippen LogP contribution is -2.17. The second-order valence-electron chi connectivity index (χ2n) is 3.25. The minimum Gasteiger partial charge on any atom is -0.432 e. The van der Waals surface area contributed by atoms with E-state index >= 15 is 0 Å². The Hall–Kier alpha value is -1.03. The number of hydrogen-bond donors (Lipinski definition) is 1. The Balaban J connectivity index is 2.58. The molecule has 0 bridgehead atoms. The van der Waals surface area contributed by atoms with Crippen molar-refractivity contribution in [1.29, 1.82) is 0 Å². The normalized spacial score (nSPS) is 13.3. The van der Waals surface area contributed by atoms with Crippen LogP contribution in [0, 0.1) is 0 Å². The Kier molecular flexibility index (Phi) is 3.31. The number of ether oxygens (including phenoxy) is 1. The SMILES string of the molecule is COC(C)Nc1nc(C(C)C)co1. The molecule has 74 valence electrons. The van der Waals surface area contributed by atoms with Crippen molar-refractivity contribution in [3.8, 4) is 0 Å². The first-order chi connectivity index (χ1) is 6.13. The minimum absolute atomic E-state index is 0.0846. The van der Waals surface area contributed by atoms with Gasteiger partial charge in [0.15, 0.2) is 0 Å². The highest BCUT2D eigenvalue weighted by Gasteiger charge is 2.08. The van der Waals surface area contributed by atoms with Gasteiger partial charge in [-0.3, -0.25) is 0 Å². The largest absolute Gasteiger partial charge is 0.432 e. The van der Waals surface area contributed by atoms with Crippen LogP contribution < -0.4 is 5.32 Å². The van der Waals surface area contributed by atoms with Crippen LogP contribution >= 0.6 is 0 Å². The maximum absolute atomic E-state index is 5.20. The van der Waals surface area contributed by atoms with Gasteiger partial charge in [-0.15, -0.1) is 0 Å². The van der Waals surface area contributed by atoms with E-state index in [2.05, 4.69) is 24.1 Å². The molecule has 1 heterocycles. The molecule has 0 aliphatic carbocycles. The molecule has 0 aliphatic heterocycles. The highest BCUT2D eigenvalue weighted by Crippen LogP contribution is 2.16. The van der Waals surface area contributed by atoms with E-state index in [4.69, 9.17) is 9.15 Å². The Morgan fingerprint density at radius 3 is 2.62 bits per heavy atom. The fourth-order valence-electron chi connectivity index (χ4n) is 0.850. The Bertz CT molecular complexity index is 258. The monoisotopic (exact) mass is 184 g/mol. The van der Waals surface area contributed by atoms with E-state index in [1.54, 1.807) is 13.4 Å². The number of rotatable bonds is 4.